The van der Waals surface area contributed by atoms with Gasteiger partial charge in [-0.15, -0.1) is 0 Å². The van der Waals surface area contributed by atoms with Crippen molar-refractivity contribution in [3.8, 4) is 0 Å². The Morgan fingerprint density at radius 2 is 1.65 bits per heavy atom. The summed E-state index contributed by atoms with van der Waals surface area (Å²) in [6, 6.07) is 11.8. The average Bonchev–Trinajstić information content (AvgIpc) is 2.38. The number of rotatable bonds is 4. The van der Waals surface area contributed by atoms with Crippen LogP contribution in [0.5, 0.6) is 0 Å². The van der Waals surface area contributed by atoms with E-state index in [0.717, 1.165) is 17.5 Å². The molecule has 1 unspecified atom stereocenters. The normalized spacial score (nSPS) is 12.4. The van der Waals surface area contributed by atoms with Crippen molar-refractivity contribution in [2.24, 2.45) is 0 Å². The van der Waals surface area contributed by atoms with Gasteiger partial charge in [-0.25, -0.2) is 4.39 Å². The molecule has 0 heterocycles. The van der Waals surface area contributed by atoms with Crippen LogP contribution in [0.1, 0.15) is 33.9 Å². The predicted octanol–water partition coefficient (Wildman–Crippen LogP) is 4.25. The minimum atomic E-state index is -0.166. The van der Waals surface area contributed by atoms with Gasteiger partial charge in [0.1, 0.15) is 5.82 Å². The van der Waals surface area contributed by atoms with E-state index in [1.165, 1.54) is 22.8 Å². The van der Waals surface area contributed by atoms with Gasteiger partial charge in [-0.05, 0) is 63.1 Å². The lowest BCUT2D eigenvalue weighted by molar-refractivity contribution is 0.581. The Balaban J connectivity index is 2.30. The first-order chi connectivity index (χ1) is 9.49. The summed E-state index contributed by atoms with van der Waals surface area (Å²) in [6.07, 6.45) is 0.795. The maximum Gasteiger partial charge on any atom is 0.123 e. The van der Waals surface area contributed by atoms with Crippen LogP contribution in [-0.4, -0.2) is 7.05 Å². The molecule has 0 aliphatic rings. The number of aryl methyl sites for hydroxylation is 3. The molecule has 0 aromatic heterocycles. The molecule has 0 radical (unpaired) electrons. The molecule has 2 aromatic carbocycles. The summed E-state index contributed by atoms with van der Waals surface area (Å²) < 4.78 is 13.4. The minimum absolute atomic E-state index is 0.166. The molecule has 20 heavy (non-hydrogen) atoms. The standard InChI is InChI=1S/C18H22FN/c1-12-7-13(2)9-16(8-12)18(20-4)11-15-10-17(19)6-5-14(15)3/h5-10,18,20H,11H2,1-4H3. The first kappa shape index (κ1) is 14.7. The summed E-state index contributed by atoms with van der Waals surface area (Å²) in [5, 5.41) is 3.35. The van der Waals surface area contributed by atoms with Crippen LogP contribution < -0.4 is 5.32 Å². The van der Waals surface area contributed by atoms with E-state index in [-0.39, 0.29) is 11.9 Å². The number of hydrogen-bond donors (Lipinski definition) is 1. The zero-order valence-corrected chi connectivity index (χ0v) is 12.6. The second kappa shape index (κ2) is 6.19. The Morgan fingerprint density at radius 3 is 2.25 bits per heavy atom. The van der Waals surface area contributed by atoms with Crippen molar-refractivity contribution in [2.75, 3.05) is 7.05 Å². The molecule has 0 saturated heterocycles. The van der Waals surface area contributed by atoms with Crippen molar-refractivity contribution in [2.45, 2.75) is 33.2 Å². The lowest BCUT2D eigenvalue weighted by atomic mass is 9.94. The van der Waals surface area contributed by atoms with Gasteiger partial charge < -0.3 is 5.32 Å². The lowest BCUT2D eigenvalue weighted by Gasteiger charge is -2.19. The summed E-state index contributed by atoms with van der Waals surface area (Å²) in [7, 11) is 1.96. The van der Waals surface area contributed by atoms with E-state index in [0.29, 0.717) is 0 Å². The number of likely N-dealkylation sites (N-methyl/N-ethyl adjacent to an activating group) is 1. The molecule has 1 atom stereocenters. The van der Waals surface area contributed by atoms with Gasteiger partial charge in [0.05, 0.1) is 0 Å². The minimum Gasteiger partial charge on any atom is -0.313 e. The van der Waals surface area contributed by atoms with Crippen molar-refractivity contribution >= 4 is 0 Å². The zero-order valence-electron chi connectivity index (χ0n) is 12.6. The second-order valence-corrected chi connectivity index (χ2v) is 5.54. The van der Waals surface area contributed by atoms with Gasteiger partial charge in [0.25, 0.3) is 0 Å². The predicted molar refractivity (Wildman–Crippen MR) is 82.6 cm³/mol. The van der Waals surface area contributed by atoms with Gasteiger partial charge in [0, 0.05) is 6.04 Å². The van der Waals surface area contributed by atoms with Gasteiger partial charge >= 0.3 is 0 Å². The molecule has 0 amide bonds. The molecular formula is C18H22FN. The molecule has 2 aromatic rings. The van der Waals surface area contributed by atoms with Crippen molar-refractivity contribution in [1.82, 2.24) is 5.32 Å². The highest BCUT2D eigenvalue weighted by Gasteiger charge is 2.13. The van der Waals surface area contributed by atoms with E-state index in [4.69, 9.17) is 0 Å². The Morgan fingerprint density at radius 1 is 1.00 bits per heavy atom. The third-order valence-corrected chi connectivity index (χ3v) is 3.73. The van der Waals surface area contributed by atoms with Crippen LogP contribution in [0.3, 0.4) is 0 Å². The number of halogens is 1. The SMILES string of the molecule is CNC(Cc1cc(F)ccc1C)c1cc(C)cc(C)c1. The van der Waals surface area contributed by atoms with Crippen molar-refractivity contribution in [3.63, 3.8) is 0 Å². The molecule has 2 rings (SSSR count). The highest BCUT2D eigenvalue weighted by molar-refractivity contribution is 5.34. The van der Waals surface area contributed by atoms with Crippen LogP contribution in [0.25, 0.3) is 0 Å². The average molecular weight is 271 g/mol. The van der Waals surface area contributed by atoms with Crippen molar-refractivity contribution < 1.29 is 4.39 Å². The highest BCUT2D eigenvalue weighted by atomic mass is 19.1. The fourth-order valence-electron chi connectivity index (χ4n) is 2.68. The maximum atomic E-state index is 13.4. The molecule has 0 saturated carbocycles. The largest absolute Gasteiger partial charge is 0.313 e. The molecule has 2 heteroatoms. The molecule has 106 valence electrons. The second-order valence-electron chi connectivity index (χ2n) is 5.54. The van der Waals surface area contributed by atoms with Gasteiger partial charge in [0.2, 0.25) is 0 Å². The van der Waals surface area contributed by atoms with Crippen LogP contribution in [0, 0.1) is 26.6 Å². The molecule has 0 bridgehead atoms. The number of nitrogens with one attached hydrogen (secondary N) is 1. The Bertz CT molecular complexity index is 584. The molecule has 1 nitrogen and oxygen atoms in total. The van der Waals surface area contributed by atoms with Crippen molar-refractivity contribution in [1.29, 1.82) is 0 Å². The maximum absolute atomic E-state index is 13.4. The number of benzene rings is 2. The van der Waals surface area contributed by atoms with Crippen LogP contribution in [0.4, 0.5) is 4.39 Å². The monoisotopic (exact) mass is 271 g/mol. The quantitative estimate of drug-likeness (QED) is 0.876. The fourth-order valence-corrected chi connectivity index (χ4v) is 2.68. The van der Waals surface area contributed by atoms with Gasteiger partial charge in [-0.1, -0.05) is 35.4 Å². The third kappa shape index (κ3) is 3.45. The lowest BCUT2D eigenvalue weighted by Crippen LogP contribution is -2.19. The summed E-state index contributed by atoms with van der Waals surface area (Å²) >= 11 is 0. The smallest absolute Gasteiger partial charge is 0.123 e. The molecule has 0 aliphatic carbocycles. The molecule has 0 aliphatic heterocycles. The van der Waals surface area contributed by atoms with Crippen LogP contribution in [-0.2, 0) is 6.42 Å². The summed E-state index contributed by atoms with van der Waals surface area (Å²) in [6.45, 7) is 6.25. The van der Waals surface area contributed by atoms with Crippen LogP contribution in [0.2, 0.25) is 0 Å². The summed E-state index contributed by atoms with van der Waals surface area (Å²) in [5.41, 5.74) is 5.97. The first-order valence-electron chi connectivity index (χ1n) is 7.00. The number of hydrogen-bond acceptors (Lipinski definition) is 1. The Hall–Kier alpha value is -1.67. The van der Waals surface area contributed by atoms with Crippen LogP contribution in [0.15, 0.2) is 36.4 Å². The van der Waals surface area contributed by atoms with E-state index < -0.39 is 0 Å². The van der Waals surface area contributed by atoms with E-state index in [2.05, 4.69) is 37.4 Å². The molecule has 0 fully saturated rings. The third-order valence-electron chi connectivity index (χ3n) is 3.73. The molecular weight excluding hydrogens is 249 g/mol. The Kier molecular flexibility index (Phi) is 4.56. The Labute approximate surface area is 120 Å². The van der Waals surface area contributed by atoms with E-state index in [1.54, 1.807) is 6.07 Å². The molecule has 0 spiro atoms. The zero-order chi connectivity index (χ0) is 14.7. The van der Waals surface area contributed by atoms with Gasteiger partial charge in [0.15, 0.2) is 0 Å². The highest BCUT2D eigenvalue weighted by Crippen LogP contribution is 2.23. The van der Waals surface area contributed by atoms with E-state index in [9.17, 15) is 4.39 Å². The molecule has 1 N–H and O–H groups in total. The van der Waals surface area contributed by atoms with Gasteiger partial charge in [-0.3, -0.25) is 0 Å². The van der Waals surface area contributed by atoms with Gasteiger partial charge in [-0.2, -0.15) is 0 Å². The fraction of sp³-hybridized carbons (Fsp3) is 0.333. The van der Waals surface area contributed by atoms with Crippen molar-refractivity contribution in [3.05, 3.63) is 70.0 Å². The first-order valence-corrected chi connectivity index (χ1v) is 7.00. The van der Waals surface area contributed by atoms with E-state index >= 15 is 0 Å². The summed E-state index contributed by atoms with van der Waals surface area (Å²) in [5.74, 6) is -0.166. The van der Waals surface area contributed by atoms with Crippen LogP contribution >= 0.6 is 0 Å². The summed E-state index contributed by atoms with van der Waals surface area (Å²) in [4.78, 5) is 0. The topological polar surface area (TPSA) is 12.0 Å². The van der Waals surface area contributed by atoms with E-state index in [1.807, 2.05) is 20.0 Å².